The molecule has 1 atom stereocenters. The van der Waals surface area contributed by atoms with Crippen molar-refractivity contribution in [3.05, 3.63) is 33.9 Å². The first-order valence-corrected chi connectivity index (χ1v) is 5.42. The van der Waals surface area contributed by atoms with E-state index in [1.807, 2.05) is 0 Å². The molecule has 0 spiro atoms. The van der Waals surface area contributed by atoms with Crippen molar-refractivity contribution >= 4 is 11.7 Å². The number of hydrogen-bond acceptors (Lipinski definition) is 4. The van der Waals surface area contributed by atoms with Crippen molar-refractivity contribution in [2.45, 2.75) is 25.6 Å². The van der Waals surface area contributed by atoms with Crippen LogP contribution in [-0.2, 0) is 11.0 Å². The molecule has 1 N–H and O–H groups in total. The van der Waals surface area contributed by atoms with Crippen LogP contribution >= 0.6 is 0 Å². The molecule has 0 saturated carbocycles. The summed E-state index contributed by atoms with van der Waals surface area (Å²) in [5.41, 5.74) is -2.14. The minimum atomic E-state index is -4.74. The fraction of sp³-hybridized carbons (Fsp3) is 0.364. The van der Waals surface area contributed by atoms with Gasteiger partial charge in [-0.3, -0.25) is 10.1 Å². The number of nitrogens with zero attached hydrogens (tertiary/aromatic N) is 1. The number of alkyl halides is 3. The van der Waals surface area contributed by atoms with Crippen LogP contribution in [0.15, 0.2) is 18.2 Å². The van der Waals surface area contributed by atoms with Crippen molar-refractivity contribution < 1.29 is 32.7 Å². The quantitative estimate of drug-likeness (QED) is 0.666. The van der Waals surface area contributed by atoms with Crippen LogP contribution in [0.1, 0.15) is 18.9 Å². The van der Waals surface area contributed by atoms with Gasteiger partial charge >= 0.3 is 17.8 Å². The molecule has 0 fully saturated rings. The molecule has 0 aromatic heterocycles. The molecule has 110 valence electrons. The maximum Gasteiger partial charge on any atom is 0.416 e. The molecular formula is C11H10F3NO5. The highest BCUT2D eigenvalue weighted by Crippen LogP contribution is 2.36. The summed E-state index contributed by atoms with van der Waals surface area (Å²) in [4.78, 5) is 20.5. The summed E-state index contributed by atoms with van der Waals surface area (Å²) in [6, 6.07) is 1.65. The number of nitro benzene ring substituents is 1. The molecule has 20 heavy (non-hydrogen) atoms. The maximum absolute atomic E-state index is 12.5. The third-order valence-corrected chi connectivity index (χ3v) is 2.40. The van der Waals surface area contributed by atoms with Gasteiger partial charge in [0.25, 0.3) is 0 Å². The predicted octanol–water partition coefficient (Wildman–Crippen LogP) is 2.86. The van der Waals surface area contributed by atoms with Crippen LogP contribution in [0, 0.1) is 10.1 Å². The molecule has 0 aliphatic carbocycles. The van der Waals surface area contributed by atoms with Gasteiger partial charge < -0.3 is 9.84 Å². The summed E-state index contributed by atoms with van der Waals surface area (Å²) in [5, 5.41) is 19.5. The Hall–Kier alpha value is -2.32. The van der Waals surface area contributed by atoms with E-state index < -0.39 is 40.2 Å². The topological polar surface area (TPSA) is 89.7 Å². The number of aliphatic carboxylic acids is 1. The second-order valence-electron chi connectivity index (χ2n) is 3.79. The molecule has 0 aliphatic heterocycles. The van der Waals surface area contributed by atoms with Gasteiger partial charge in [0.1, 0.15) is 0 Å². The molecule has 9 heteroatoms. The Morgan fingerprint density at radius 1 is 1.50 bits per heavy atom. The van der Waals surface area contributed by atoms with Gasteiger partial charge in [0.05, 0.1) is 10.5 Å². The van der Waals surface area contributed by atoms with E-state index in [4.69, 9.17) is 9.84 Å². The van der Waals surface area contributed by atoms with Gasteiger partial charge in [-0.2, -0.15) is 13.2 Å². The molecule has 1 aromatic carbocycles. The zero-order chi connectivity index (χ0) is 15.5. The SMILES string of the molecule is CCC(Oc1ccc(C(F)(F)F)cc1[N+](=O)[O-])C(=O)O. The van der Waals surface area contributed by atoms with Crippen molar-refractivity contribution in [1.82, 2.24) is 0 Å². The number of ether oxygens (including phenoxy) is 1. The minimum Gasteiger partial charge on any atom is -0.479 e. The summed E-state index contributed by atoms with van der Waals surface area (Å²) in [5.74, 6) is -1.88. The standard InChI is InChI=1S/C11H10F3NO5/c1-2-8(10(16)17)20-9-4-3-6(11(12,13)14)5-7(9)15(18)19/h3-5,8H,2H2,1H3,(H,16,17). The van der Waals surface area contributed by atoms with Crippen LogP contribution in [0.4, 0.5) is 18.9 Å². The van der Waals surface area contributed by atoms with Gasteiger partial charge in [0.2, 0.25) is 0 Å². The van der Waals surface area contributed by atoms with E-state index in [1.54, 1.807) is 0 Å². The highest BCUT2D eigenvalue weighted by Gasteiger charge is 2.34. The molecule has 0 aliphatic rings. The molecule has 0 amide bonds. The van der Waals surface area contributed by atoms with Gasteiger partial charge in [0, 0.05) is 6.07 Å². The predicted molar refractivity (Wildman–Crippen MR) is 60.4 cm³/mol. The molecule has 0 saturated heterocycles. The second-order valence-corrected chi connectivity index (χ2v) is 3.79. The average Bonchev–Trinajstić information content (AvgIpc) is 2.34. The second kappa shape index (κ2) is 5.76. The molecule has 6 nitrogen and oxygen atoms in total. The van der Waals surface area contributed by atoms with Crippen LogP contribution < -0.4 is 4.74 Å². The Balaban J connectivity index is 3.21. The lowest BCUT2D eigenvalue weighted by Gasteiger charge is -2.14. The molecular weight excluding hydrogens is 283 g/mol. The van der Waals surface area contributed by atoms with E-state index >= 15 is 0 Å². The Morgan fingerprint density at radius 2 is 2.10 bits per heavy atom. The van der Waals surface area contributed by atoms with Crippen LogP contribution in [0.3, 0.4) is 0 Å². The molecule has 1 unspecified atom stereocenters. The molecule has 1 rings (SSSR count). The van der Waals surface area contributed by atoms with Gasteiger partial charge in [-0.25, -0.2) is 4.79 Å². The Bertz CT molecular complexity index is 529. The summed E-state index contributed by atoms with van der Waals surface area (Å²) in [7, 11) is 0. The molecule has 0 radical (unpaired) electrons. The number of carboxylic acids is 1. The van der Waals surface area contributed by atoms with Crippen LogP contribution in [-0.4, -0.2) is 22.1 Å². The largest absolute Gasteiger partial charge is 0.479 e. The lowest BCUT2D eigenvalue weighted by molar-refractivity contribution is -0.386. The first kappa shape index (κ1) is 15.7. The van der Waals surface area contributed by atoms with Crippen LogP contribution in [0.2, 0.25) is 0 Å². The third-order valence-electron chi connectivity index (χ3n) is 2.40. The van der Waals surface area contributed by atoms with E-state index in [9.17, 15) is 28.1 Å². The van der Waals surface area contributed by atoms with Gasteiger partial charge in [-0.05, 0) is 18.6 Å². The summed E-state index contributed by atoms with van der Waals surface area (Å²) < 4.78 is 42.3. The normalized spacial score (nSPS) is 12.8. The average molecular weight is 293 g/mol. The summed E-state index contributed by atoms with van der Waals surface area (Å²) in [6.45, 7) is 1.47. The van der Waals surface area contributed by atoms with Crippen LogP contribution in [0.5, 0.6) is 5.75 Å². The minimum absolute atomic E-state index is 0.00745. The number of nitro groups is 1. The fourth-order valence-corrected chi connectivity index (χ4v) is 1.40. The van der Waals surface area contributed by atoms with Gasteiger partial charge in [0.15, 0.2) is 11.9 Å². The zero-order valence-electron chi connectivity index (χ0n) is 10.2. The van der Waals surface area contributed by atoms with E-state index in [0.717, 1.165) is 6.07 Å². The molecule has 0 bridgehead atoms. The summed E-state index contributed by atoms with van der Waals surface area (Å²) in [6.07, 6.45) is -6.10. The first-order valence-electron chi connectivity index (χ1n) is 5.42. The number of benzene rings is 1. The van der Waals surface area contributed by atoms with Crippen molar-refractivity contribution in [2.24, 2.45) is 0 Å². The number of hydrogen-bond donors (Lipinski definition) is 1. The fourth-order valence-electron chi connectivity index (χ4n) is 1.40. The number of carboxylic acid groups (broad SMARTS) is 1. The highest BCUT2D eigenvalue weighted by atomic mass is 19.4. The lowest BCUT2D eigenvalue weighted by Crippen LogP contribution is -2.26. The molecule has 1 aromatic rings. The van der Waals surface area contributed by atoms with Crippen molar-refractivity contribution in [1.29, 1.82) is 0 Å². The number of halogens is 3. The van der Waals surface area contributed by atoms with Crippen molar-refractivity contribution in [2.75, 3.05) is 0 Å². The zero-order valence-corrected chi connectivity index (χ0v) is 10.2. The number of carbonyl (C=O) groups is 1. The van der Waals surface area contributed by atoms with E-state index in [2.05, 4.69) is 0 Å². The lowest BCUT2D eigenvalue weighted by atomic mass is 10.1. The van der Waals surface area contributed by atoms with E-state index in [0.29, 0.717) is 12.1 Å². The van der Waals surface area contributed by atoms with E-state index in [1.165, 1.54) is 6.92 Å². The monoisotopic (exact) mass is 293 g/mol. The molecule has 0 heterocycles. The van der Waals surface area contributed by atoms with Crippen LogP contribution in [0.25, 0.3) is 0 Å². The van der Waals surface area contributed by atoms with Crippen molar-refractivity contribution in [3.8, 4) is 5.75 Å². The van der Waals surface area contributed by atoms with Gasteiger partial charge in [-0.15, -0.1) is 0 Å². The van der Waals surface area contributed by atoms with E-state index in [-0.39, 0.29) is 6.42 Å². The first-order chi connectivity index (χ1) is 9.16. The Morgan fingerprint density at radius 3 is 2.50 bits per heavy atom. The highest BCUT2D eigenvalue weighted by molar-refractivity contribution is 5.73. The smallest absolute Gasteiger partial charge is 0.416 e. The number of rotatable bonds is 5. The maximum atomic E-state index is 12.5. The third kappa shape index (κ3) is 3.59. The summed E-state index contributed by atoms with van der Waals surface area (Å²) >= 11 is 0. The van der Waals surface area contributed by atoms with Gasteiger partial charge in [-0.1, -0.05) is 6.92 Å². The Kier molecular flexibility index (Phi) is 4.53. The van der Waals surface area contributed by atoms with Crippen molar-refractivity contribution in [3.63, 3.8) is 0 Å². The Labute approximate surface area is 110 Å².